The van der Waals surface area contributed by atoms with E-state index >= 15 is 0 Å². The fraction of sp³-hybridized carbons (Fsp3) is 0.500. The zero-order valence-corrected chi connectivity index (χ0v) is 10.9. The minimum Gasteiger partial charge on any atom is -0.492 e. The van der Waals surface area contributed by atoms with Gasteiger partial charge in [0.25, 0.3) is 0 Å². The number of rotatable bonds is 4. The van der Waals surface area contributed by atoms with Crippen molar-refractivity contribution in [1.82, 2.24) is 0 Å². The van der Waals surface area contributed by atoms with Gasteiger partial charge in [0.05, 0.1) is 12.3 Å². The number of ether oxygens (including phenoxy) is 2. The summed E-state index contributed by atoms with van der Waals surface area (Å²) in [5.74, 6) is 0.481. The van der Waals surface area contributed by atoms with Gasteiger partial charge in [-0.15, -0.1) is 0 Å². The Balaban J connectivity index is 2.07. The Morgan fingerprint density at radius 2 is 2.21 bits per heavy atom. The number of halogens is 1. The average molecular weight is 267 g/mol. The molecule has 0 amide bonds. The van der Waals surface area contributed by atoms with Crippen LogP contribution in [0, 0.1) is 11.7 Å². The molecule has 19 heavy (non-hydrogen) atoms. The maximum atomic E-state index is 13.3. The third-order valence-electron chi connectivity index (χ3n) is 3.30. The van der Waals surface area contributed by atoms with Gasteiger partial charge in [0.1, 0.15) is 11.6 Å². The lowest BCUT2D eigenvalue weighted by Gasteiger charge is -2.22. The molecule has 0 spiro atoms. The Bertz CT molecular complexity index is 456. The van der Waals surface area contributed by atoms with E-state index < -0.39 is 0 Å². The van der Waals surface area contributed by atoms with Gasteiger partial charge in [-0.3, -0.25) is 0 Å². The lowest BCUT2D eigenvalue weighted by atomic mass is 10.0. The van der Waals surface area contributed by atoms with Gasteiger partial charge < -0.3 is 14.7 Å². The van der Waals surface area contributed by atoms with Crippen LogP contribution in [-0.4, -0.2) is 30.7 Å². The highest BCUT2D eigenvalue weighted by molar-refractivity contribution is 6.00. The molecule has 5 heteroatoms. The standard InChI is InChI=1S/C14H18FNO3/c1-10(16-17)13-3-2-12(15)8-14(13)19-9-11-4-6-18-7-5-11/h2-3,8,11,17H,4-7,9H2,1H3. The van der Waals surface area contributed by atoms with Crippen molar-refractivity contribution in [2.45, 2.75) is 19.8 Å². The fourth-order valence-electron chi connectivity index (χ4n) is 2.09. The van der Waals surface area contributed by atoms with E-state index in [1.165, 1.54) is 12.1 Å². The molecule has 1 fully saturated rings. The van der Waals surface area contributed by atoms with E-state index in [4.69, 9.17) is 14.7 Å². The topological polar surface area (TPSA) is 51.1 Å². The molecular formula is C14H18FNO3. The lowest BCUT2D eigenvalue weighted by molar-refractivity contribution is 0.0497. The van der Waals surface area contributed by atoms with Crippen molar-refractivity contribution in [2.24, 2.45) is 11.1 Å². The molecule has 1 aromatic carbocycles. The molecule has 1 aliphatic rings. The Morgan fingerprint density at radius 3 is 2.89 bits per heavy atom. The summed E-state index contributed by atoms with van der Waals surface area (Å²) in [6, 6.07) is 4.21. The zero-order chi connectivity index (χ0) is 13.7. The van der Waals surface area contributed by atoms with Gasteiger partial charge in [0.15, 0.2) is 0 Å². The van der Waals surface area contributed by atoms with E-state index in [1.807, 2.05) is 0 Å². The number of nitrogens with zero attached hydrogens (tertiary/aromatic N) is 1. The van der Waals surface area contributed by atoms with Crippen LogP contribution in [0.4, 0.5) is 4.39 Å². The maximum Gasteiger partial charge on any atom is 0.131 e. The second kappa shape index (κ2) is 6.52. The summed E-state index contributed by atoms with van der Waals surface area (Å²) >= 11 is 0. The summed E-state index contributed by atoms with van der Waals surface area (Å²) < 4.78 is 24.3. The Labute approximate surface area is 111 Å². The van der Waals surface area contributed by atoms with E-state index in [0.29, 0.717) is 29.5 Å². The summed E-state index contributed by atoms with van der Waals surface area (Å²) in [6.45, 7) is 3.68. The van der Waals surface area contributed by atoms with Crippen LogP contribution in [0.1, 0.15) is 25.3 Å². The first kappa shape index (κ1) is 13.8. The van der Waals surface area contributed by atoms with Crippen molar-refractivity contribution in [2.75, 3.05) is 19.8 Å². The van der Waals surface area contributed by atoms with Crippen molar-refractivity contribution in [3.8, 4) is 5.75 Å². The Morgan fingerprint density at radius 1 is 1.47 bits per heavy atom. The molecule has 0 bridgehead atoms. The first-order valence-electron chi connectivity index (χ1n) is 6.40. The Hall–Kier alpha value is -1.62. The smallest absolute Gasteiger partial charge is 0.131 e. The molecule has 1 aromatic rings. The summed E-state index contributed by atoms with van der Waals surface area (Å²) in [5.41, 5.74) is 1.01. The molecule has 1 aliphatic heterocycles. The minimum atomic E-state index is -0.364. The van der Waals surface area contributed by atoms with Gasteiger partial charge in [-0.2, -0.15) is 0 Å². The van der Waals surface area contributed by atoms with Gasteiger partial charge in [-0.05, 0) is 37.8 Å². The highest BCUT2D eigenvalue weighted by atomic mass is 19.1. The van der Waals surface area contributed by atoms with Crippen molar-refractivity contribution in [3.63, 3.8) is 0 Å². The molecule has 2 rings (SSSR count). The number of hydrogen-bond acceptors (Lipinski definition) is 4. The van der Waals surface area contributed by atoms with Crippen molar-refractivity contribution < 1.29 is 19.1 Å². The van der Waals surface area contributed by atoms with E-state index in [-0.39, 0.29) is 5.82 Å². The molecule has 0 aromatic heterocycles. The highest BCUT2D eigenvalue weighted by Gasteiger charge is 2.16. The predicted octanol–water partition coefficient (Wildman–Crippen LogP) is 2.83. The van der Waals surface area contributed by atoms with Crippen molar-refractivity contribution in [3.05, 3.63) is 29.6 Å². The number of hydrogen-bond donors (Lipinski definition) is 1. The molecule has 0 unspecified atom stereocenters. The second-order valence-corrected chi connectivity index (χ2v) is 4.69. The van der Waals surface area contributed by atoms with Gasteiger partial charge in [0.2, 0.25) is 0 Å². The van der Waals surface area contributed by atoms with E-state index in [0.717, 1.165) is 26.1 Å². The normalized spacial score (nSPS) is 17.5. The van der Waals surface area contributed by atoms with Gasteiger partial charge in [-0.25, -0.2) is 4.39 Å². The van der Waals surface area contributed by atoms with E-state index in [2.05, 4.69) is 5.16 Å². The van der Waals surface area contributed by atoms with Crippen LogP contribution in [0.5, 0.6) is 5.75 Å². The molecule has 104 valence electrons. The molecule has 1 saturated heterocycles. The lowest BCUT2D eigenvalue weighted by Crippen LogP contribution is -2.22. The van der Waals surface area contributed by atoms with E-state index in [1.54, 1.807) is 13.0 Å². The van der Waals surface area contributed by atoms with Crippen molar-refractivity contribution >= 4 is 5.71 Å². The van der Waals surface area contributed by atoms with Gasteiger partial charge in [-0.1, -0.05) is 5.16 Å². The molecule has 0 atom stereocenters. The summed E-state index contributed by atoms with van der Waals surface area (Å²) in [6.07, 6.45) is 1.91. The van der Waals surface area contributed by atoms with Crippen LogP contribution < -0.4 is 4.74 Å². The molecular weight excluding hydrogens is 249 g/mol. The van der Waals surface area contributed by atoms with Crippen LogP contribution in [-0.2, 0) is 4.74 Å². The van der Waals surface area contributed by atoms with Crippen LogP contribution in [0.25, 0.3) is 0 Å². The average Bonchev–Trinajstić information content (AvgIpc) is 2.45. The van der Waals surface area contributed by atoms with E-state index in [9.17, 15) is 4.39 Å². The van der Waals surface area contributed by atoms with Crippen LogP contribution in [0.15, 0.2) is 23.4 Å². The monoisotopic (exact) mass is 267 g/mol. The molecule has 1 N–H and O–H groups in total. The molecule has 0 radical (unpaired) electrons. The zero-order valence-electron chi connectivity index (χ0n) is 10.9. The summed E-state index contributed by atoms with van der Waals surface area (Å²) in [7, 11) is 0. The third-order valence-corrected chi connectivity index (χ3v) is 3.30. The molecule has 4 nitrogen and oxygen atoms in total. The predicted molar refractivity (Wildman–Crippen MR) is 69.4 cm³/mol. The minimum absolute atomic E-state index is 0.364. The third kappa shape index (κ3) is 3.67. The number of oxime groups is 1. The quantitative estimate of drug-likeness (QED) is 0.518. The second-order valence-electron chi connectivity index (χ2n) is 4.69. The van der Waals surface area contributed by atoms with Crippen LogP contribution in [0.2, 0.25) is 0 Å². The first-order chi connectivity index (χ1) is 9.20. The molecule has 1 heterocycles. The first-order valence-corrected chi connectivity index (χ1v) is 6.40. The molecule has 0 saturated carbocycles. The molecule has 0 aliphatic carbocycles. The largest absolute Gasteiger partial charge is 0.492 e. The van der Waals surface area contributed by atoms with Crippen molar-refractivity contribution in [1.29, 1.82) is 0 Å². The fourth-order valence-corrected chi connectivity index (χ4v) is 2.09. The summed E-state index contributed by atoms with van der Waals surface area (Å²) in [4.78, 5) is 0. The van der Waals surface area contributed by atoms with Crippen LogP contribution in [0.3, 0.4) is 0 Å². The van der Waals surface area contributed by atoms with Crippen LogP contribution >= 0.6 is 0 Å². The Kier molecular flexibility index (Phi) is 4.74. The number of benzene rings is 1. The maximum absolute atomic E-state index is 13.3. The van der Waals surface area contributed by atoms with Gasteiger partial charge in [0, 0.05) is 24.8 Å². The van der Waals surface area contributed by atoms with Gasteiger partial charge >= 0.3 is 0 Å². The summed E-state index contributed by atoms with van der Waals surface area (Å²) in [5, 5.41) is 12.0. The SMILES string of the molecule is CC(=NO)c1ccc(F)cc1OCC1CCOCC1. The highest BCUT2D eigenvalue weighted by Crippen LogP contribution is 2.23.